The number of carbonyl (C=O) groups is 1. The maximum Gasteiger partial charge on any atom is 0.255 e. The van der Waals surface area contributed by atoms with Crippen LogP contribution in [0.2, 0.25) is 0 Å². The monoisotopic (exact) mass is 422 g/mol. The molecule has 0 bridgehead atoms. The van der Waals surface area contributed by atoms with E-state index in [1.807, 2.05) is 24.4 Å². The van der Waals surface area contributed by atoms with Crippen LogP contribution in [-0.4, -0.2) is 56.3 Å². The van der Waals surface area contributed by atoms with Crippen LogP contribution in [0, 0.1) is 0 Å². The summed E-state index contributed by atoms with van der Waals surface area (Å²) in [7, 11) is 3.11. The van der Waals surface area contributed by atoms with Crippen molar-refractivity contribution in [3.63, 3.8) is 0 Å². The second-order valence-electron chi connectivity index (χ2n) is 6.56. The molecular weight excluding hydrogens is 396 g/mol. The lowest BCUT2D eigenvalue weighted by molar-refractivity contribution is -0.120. The van der Waals surface area contributed by atoms with Gasteiger partial charge in [-0.2, -0.15) is 0 Å². The summed E-state index contributed by atoms with van der Waals surface area (Å²) in [4.78, 5) is 17.7. The zero-order chi connectivity index (χ0) is 19.9. The predicted octanol–water partition coefficient (Wildman–Crippen LogP) is 1.53. The van der Waals surface area contributed by atoms with Gasteiger partial charge in [-0.25, -0.2) is 0 Å². The molecule has 1 amide bonds. The Morgan fingerprint density at radius 2 is 2.03 bits per heavy atom. The summed E-state index contributed by atoms with van der Waals surface area (Å²) >= 11 is 0. The van der Waals surface area contributed by atoms with E-state index < -0.39 is 5.91 Å². The van der Waals surface area contributed by atoms with Crippen molar-refractivity contribution in [3.8, 4) is 17.2 Å². The van der Waals surface area contributed by atoms with Gasteiger partial charge in [-0.05, 0) is 29.3 Å². The van der Waals surface area contributed by atoms with Gasteiger partial charge in [0, 0.05) is 44.6 Å². The minimum absolute atomic E-state index is 0. The average Bonchev–Trinajstić information content (AvgIpc) is 2.73. The first-order chi connectivity index (χ1) is 13.6. The molecule has 1 aliphatic heterocycles. The van der Waals surface area contributed by atoms with Gasteiger partial charge < -0.3 is 25.3 Å². The lowest BCUT2D eigenvalue weighted by Gasteiger charge is -2.36. The Balaban J connectivity index is 0.00000300. The van der Waals surface area contributed by atoms with Crippen LogP contribution in [0.25, 0.3) is 0 Å². The lowest BCUT2D eigenvalue weighted by Crippen LogP contribution is -2.45. The Hall–Kier alpha value is -2.55. The van der Waals surface area contributed by atoms with Crippen molar-refractivity contribution < 1.29 is 19.0 Å². The van der Waals surface area contributed by atoms with Crippen molar-refractivity contribution in [1.29, 1.82) is 0 Å². The molecule has 29 heavy (non-hydrogen) atoms. The molecule has 0 radical (unpaired) electrons. The smallest absolute Gasteiger partial charge is 0.255 e. The van der Waals surface area contributed by atoms with Crippen LogP contribution >= 0.6 is 12.4 Å². The number of piperazine rings is 1. The minimum atomic E-state index is -0.562. The van der Waals surface area contributed by atoms with Gasteiger partial charge in [0.05, 0.1) is 14.2 Å². The number of primary amides is 1. The molecule has 2 heterocycles. The highest BCUT2D eigenvalue weighted by Gasteiger charge is 2.25. The zero-order valence-corrected chi connectivity index (χ0v) is 17.4. The summed E-state index contributed by atoms with van der Waals surface area (Å²) in [6, 6.07) is 8.09. The molecule has 1 aliphatic rings. The molecule has 1 aromatic heterocycles. The number of pyridine rings is 1. The van der Waals surface area contributed by atoms with E-state index >= 15 is 0 Å². The third-order valence-electron chi connectivity index (χ3n) is 4.69. The number of hydrogen-bond donors (Lipinski definition) is 2. The number of ether oxygens (including phenoxy) is 3. The number of halogens is 1. The summed E-state index contributed by atoms with van der Waals surface area (Å²) in [5, 5.41) is 3.45. The number of nitrogens with one attached hydrogen (secondary N) is 1. The van der Waals surface area contributed by atoms with Crippen LogP contribution in [-0.2, 0) is 11.3 Å². The highest BCUT2D eigenvalue weighted by molar-refractivity contribution is 5.85. The van der Waals surface area contributed by atoms with Crippen LogP contribution < -0.4 is 25.3 Å². The Kier molecular flexibility index (Phi) is 8.50. The molecular formula is C20H27ClN4O4. The number of methoxy groups -OCH3 is 2. The number of nitrogens with zero attached hydrogens (tertiary/aromatic N) is 2. The normalized spacial score (nSPS) is 16.6. The summed E-state index contributed by atoms with van der Waals surface area (Å²) < 4.78 is 16.4. The lowest BCUT2D eigenvalue weighted by atomic mass is 10.0. The van der Waals surface area contributed by atoms with E-state index in [9.17, 15) is 4.79 Å². The number of benzene rings is 1. The molecule has 1 fully saturated rings. The first-order valence-electron chi connectivity index (χ1n) is 9.13. The second kappa shape index (κ2) is 10.8. The predicted molar refractivity (Wildman–Crippen MR) is 112 cm³/mol. The molecule has 2 aromatic rings. The minimum Gasteiger partial charge on any atom is -0.493 e. The molecule has 0 saturated carbocycles. The van der Waals surface area contributed by atoms with Crippen LogP contribution in [0.15, 0.2) is 36.7 Å². The maximum atomic E-state index is 11.1. The fourth-order valence-electron chi connectivity index (χ4n) is 3.38. The molecule has 1 atom stereocenters. The van der Waals surface area contributed by atoms with E-state index in [0.29, 0.717) is 23.8 Å². The summed E-state index contributed by atoms with van der Waals surface area (Å²) in [6.07, 6.45) is 3.69. The number of nitrogens with two attached hydrogens (primary N) is 1. The number of rotatable bonds is 8. The van der Waals surface area contributed by atoms with Gasteiger partial charge in [0.25, 0.3) is 5.91 Å². The van der Waals surface area contributed by atoms with E-state index in [1.54, 1.807) is 20.4 Å². The second-order valence-corrected chi connectivity index (χ2v) is 6.56. The SMILES string of the molecule is COc1cc(CN2CCNCC2c2cccnc2)cc(OC)c1OCC(N)=O.Cl. The van der Waals surface area contributed by atoms with Crippen LogP contribution in [0.4, 0.5) is 0 Å². The van der Waals surface area contributed by atoms with Crippen LogP contribution in [0.5, 0.6) is 17.2 Å². The highest BCUT2D eigenvalue weighted by atomic mass is 35.5. The molecule has 1 saturated heterocycles. The number of carbonyl (C=O) groups excluding carboxylic acids is 1. The molecule has 1 unspecified atom stereocenters. The standard InChI is InChI=1S/C20H26N4O4.ClH/c1-26-17-8-14(9-18(27-2)20(17)28-13-19(21)25)12-24-7-6-23-11-16(24)15-4-3-5-22-10-15;/h3-5,8-10,16,23H,6-7,11-13H2,1-2H3,(H2,21,25);1H. The van der Waals surface area contributed by atoms with Crippen molar-refractivity contribution >= 4 is 18.3 Å². The summed E-state index contributed by atoms with van der Waals surface area (Å²) in [5.41, 5.74) is 7.38. The summed E-state index contributed by atoms with van der Waals surface area (Å²) in [5.74, 6) is 0.817. The molecule has 3 rings (SSSR count). The number of hydrogen-bond acceptors (Lipinski definition) is 7. The van der Waals surface area contributed by atoms with Crippen LogP contribution in [0.1, 0.15) is 17.2 Å². The first kappa shape index (κ1) is 22.7. The van der Waals surface area contributed by atoms with Crippen molar-refractivity contribution in [2.75, 3.05) is 40.5 Å². The van der Waals surface area contributed by atoms with Gasteiger partial charge in [0.15, 0.2) is 18.1 Å². The Bertz CT molecular complexity index is 781. The van der Waals surface area contributed by atoms with Gasteiger partial charge in [-0.15, -0.1) is 12.4 Å². The van der Waals surface area contributed by atoms with Gasteiger partial charge >= 0.3 is 0 Å². The van der Waals surface area contributed by atoms with Gasteiger partial charge in [0.1, 0.15) is 0 Å². The van der Waals surface area contributed by atoms with Gasteiger partial charge in [-0.3, -0.25) is 14.7 Å². The van der Waals surface area contributed by atoms with Gasteiger partial charge in [0.2, 0.25) is 5.75 Å². The Labute approximate surface area is 176 Å². The fourth-order valence-corrected chi connectivity index (χ4v) is 3.38. The average molecular weight is 423 g/mol. The van der Waals surface area contributed by atoms with E-state index in [0.717, 1.165) is 25.2 Å². The van der Waals surface area contributed by atoms with Crippen molar-refractivity contribution in [1.82, 2.24) is 15.2 Å². The molecule has 9 heteroatoms. The molecule has 0 spiro atoms. The first-order valence-corrected chi connectivity index (χ1v) is 9.13. The maximum absolute atomic E-state index is 11.1. The molecule has 0 aliphatic carbocycles. The van der Waals surface area contributed by atoms with Crippen molar-refractivity contribution in [3.05, 3.63) is 47.8 Å². The third kappa shape index (κ3) is 5.72. The quantitative estimate of drug-likeness (QED) is 0.665. The number of amides is 1. The highest BCUT2D eigenvalue weighted by Crippen LogP contribution is 2.39. The van der Waals surface area contributed by atoms with E-state index in [2.05, 4.69) is 21.3 Å². The zero-order valence-electron chi connectivity index (χ0n) is 16.6. The van der Waals surface area contributed by atoms with E-state index in [-0.39, 0.29) is 25.1 Å². The third-order valence-corrected chi connectivity index (χ3v) is 4.69. The Morgan fingerprint density at radius 3 is 2.62 bits per heavy atom. The van der Waals surface area contributed by atoms with Crippen molar-refractivity contribution in [2.24, 2.45) is 5.73 Å². The molecule has 158 valence electrons. The molecule has 8 nitrogen and oxygen atoms in total. The topological polar surface area (TPSA) is 98.9 Å². The largest absolute Gasteiger partial charge is 0.493 e. The van der Waals surface area contributed by atoms with Crippen molar-refractivity contribution in [2.45, 2.75) is 12.6 Å². The van der Waals surface area contributed by atoms with E-state index in [4.69, 9.17) is 19.9 Å². The fraction of sp³-hybridized carbons (Fsp3) is 0.400. The van der Waals surface area contributed by atoms with Gasteiger partial charge in [-0.1, -0.05) is 6.07 Å². The van der Waals surface area contributed by atoms with Crippen LogP contribution in [0.3, 0.4) is 0 Å². The molecule has 3 N–H and O–H groups in total. The summed E-state index contributed by atoms with van der Waals surface area (Å²) in [6.45, 7) is 3.16. The van der Waals surface area contributed by atoms with E-state index in [1.165, 1.54) is 5.56 Å². The molecule has 1 aromatic carbocycles. The number of aromatic nitrogens is 1. The Morgan fingerprint density at radius 1 is 1.31 bits per heavy atom.